The summed E-state index contributed by atoms with van der Waals surface area (Å²) in [5, 5.41) is 3.69. The summed E-state index contributed by atoms with van der Waals surface area (Å²) in [5.41, 5.74) is 4.52. The first-order chi connectivity index (χ1) is 12.1. The van der Waals surface area contributed by atoms with Crippen molar-refractivity contribution < 1.29 is 9.53 Å². The second kappa shape index (κ2) is 7.57. The van der Waals surface area contributed by atoms with Gasteiger partial charge in [0.15, 0.2) is 0 Å². The van der Waals surface area contributed by atoms with Crippen molar-refractivity contribution in [1.82, 2.24) is 5.32 Å². The van der Waals surface area contributed by atoms with Crippen LogP contribution >= 0.6 is 0 Å². The summed E-state index contributed by atoms with van der Waals surface area (Å²) in [6.07, 6.45) is 11.9. The molecule has 3 nitrogen and oxygen atoms in total. The van der Waals surface area contributed by atoms with Crippen LogP contribution in [0.25, 0.3) is 0 Å². The van der Waals surface area contributed by atoms with E-state index in [1.807, 2.05) is 13.0 Å². The Labute approximate surface area is 151 Å². The van der Waals surface area contributed by atoms with Gasteiger partial charge >= 0.3 is 0 Å². The zero-order chi connectivity index (χ0) is 17.9. The van der Waals surface area contributed by atoms with Crippen molar-refractivity contribution in [2.75, 3.05) is 13.2 Å². The molecule has 0 aromatic heterocycles. The molecule has 0 saturated carbocycles. The van der Waals surface area contributed by atoms with E-state index in [1.54, 1.807) is 0 Å². The van der Waals surface area contributed by atoms with Gasteiger partial charge in [-0.15, -0.1) is 0 Å². The summed E-state index contributed by atoms with van der Waals surface area (Å²) in [7, 11) is 0. The van der Waals surface area contributed by atoms with Crippen molar-refractivity contribution in [3.05, 3.63) is 52.6 Å². The fraction of sp³-hybridized carbons (Fsp3) is 0.500. The molecule has 0 amide bonds. The van der Waals surface area contributed by atoms with Crippen LogP contribution in [0.2, 0.25) is 0 Å². The molecule has 1 N–H and O–H groups in total. The van der Waals surface area contributed by atoms with E-state index in [1.165, 1.54) is 11.1 Å². The predicted octanol–water partition coefficient (Wildman–Crippen LogP) is 4.49. The van der Waals surface area contributed by atoms with Crippen LogP contribution in [0, 0.1) is 6.92 Å². The van der Waals surface area contributed by atoms with Crippen molar-refractivity contribution in [3.63, 3.8) is 0 Å². The zero-order valence-corrected chi connectivity index (χ0v) is 15.6. The lowest BCUT2D eigenvalue weighted by Crippen LogP contribution is -2.36. The maximum Gasteiger partial charge on any atom is 0.150 e. The van der Waals surface area contributed by atoms with E-state index in [-0.39, 0.29) is 5.41 Å². The van der Waals surface area contributed by atoms with Crippen LogP contribution in [0.15, 0.2) is 35.9 Å². The molecule has 3 rings (SSSR count). The standard InChI is InChI=1S/C22H29NO2/c1-4-22(12-13-23-17(3)18-8-6-5-7-9-18)15-25-21-16(2)19(14-24)10-11-20(21)22/h5-6,8,10-11,14,17,23H,4,7,9,12-13,15H2,1-3H3. The first-order valence-electron chi connectivity index (χ1n) is 9.42. The molecule has 0 bridgehead atoms. The molecule has 1 aliphatic carbocycles. The molecule has 0 radical (unpaired) electrons. The van der Waals surface area contributed by atoms with Crippen LogP contribution in [0.4, 0.5) is 0 Å². The van der Waals surface area contributed by atoms with E-state index in [2.05, 4.69) is 43.5 Å². The van der Waals surface area contributed by atoms with Crippen molar-refractivity contribution in [2.45, 2.75) is 57.9 Å². The summed E-state index contributed by atoms with van der Waals surface area (Å²) in [6.45, 7) is 8.15. The Kier molecular flexibility index (Phi) is 5.43. The summed E-state index contributed by atoms with van der Waals surface area (Å²) >= 11 is 0. The molecule has 1 aromatic rings. The lowest BCUT2D eigenvalue weighted by atomic mass is 9.76. The normalized spacial score (nSPS) is 22.9. The Hall–Kier alpha value is -1.87. The number of fused-ring (bicyclic) bond motifs is 1. The third kappa shape index (κ3) is 3.43. The SMILES string of the molecule is CCC1(CCNC(C)C2=CC=CCC2)COc2c1ccc(C=O)c2C. The van der Waals surface area contributed by atoms with Gasteiger partial charge in [0, 0.05) is 28.1 Å². The minimum atomic E-state index is 0.0507. The van der Waals surface area contributed by atoms with E-state index in [0.29, 0.717) is 12.6 Å². The molecule has 1 aliphatic heterocycles. The summed E-state index contributed by atoms with van der Waals surface area (Å²) in [5.74, 6) is 0.930. The van der Waals surface area contributed by atoms with Crippen LogP contribution in [0.1, 0.15) is 61.0 Å². The first kappa shape index (κ1) is 17.9. The highest BCUT2D eigenvalue weighted by Crippen LogP contribution is 2.45. The van der Waals surface area contributed by atoms with E-state index >= 15 is 0 Å². The van der Waals surface area contributed by atoms with Gasteiger partial charge in [0.1, 0.15) is 12.0 Å². The minimum absolute atomic E-state index is 0.0507. The number of hydrogen-bond donors (Lipinski definition) is 1. The average molecular weight is 339 g/mol. The number of hydrogen-bond acceptors (Lipinski definition) is 3. The van der Waals surface area contributed by atoms with Crippen molar-refractivity contribution in [3.8, 4) is 5.75 Å². The maximum absolute atomic E-state index is 11.2. The van der Waals surface area contributed by atoms with Gasteiger partial charge in [-0.1, -0.05) is 42.9 Å². The molecular formula is C22H29NO2. The van der Waals surface area contributed by atoms with Crippen LogP contribution in [0.3, 0.4) is 0 Å². The quantitative estimate of drug-likeness (QED) is 0.744. The Morgan fingerprint density at radius 2 is 2.24 bits per heavy atom. The molecule has 0 spiro atoms. The fourth-order valence-corrected chi connectivity index (χ4v) is 4.04. The number of benzene rings is 1. The Balaban J connectivity index is 1.70. The first-order valence-corrected chi connectivity index (χ1v) is 9.42. The largest absolute Gasteiger partial charge is 0.492 e. The molecule has 2 atom stereocenters. The molecule has 2 unspecified atom stereocenters. The lowest BCUT2D eigenvalue weighted by molar-refractivity contribution is 0.112. The number of carbonyl (C=O) groups is 1. The summed E-state index contributed by atoms with van der Waals surface area (Å²) < 4.78 is 6.05. The van der Waals surface area contributed by atoms with E-state index in [9.17, 15) is 4.79 Å². The average Bonchev–Trinajstić information content (AvgIpc) is 3.03. The molecule has 3 heteroatoms. The number of rotatable bonds is 7. The van der Waals surface area contributed by atoms with Gasteiger partial charge in [0.05, 0.1) is 6.61 Å². The molecule has 0 fully saturated rings. The smallest absolute Gasteiger partial charge is 0.150 e. The molecule has 0 saturated heterocycles. The van der Waals surface area contributed by atoms with Crippen molar-refractivity contribution in [1.29, 1.82) is 0 Å². The lowest BCUT2D eigenvalue weighted by Gasteiger charge is -2.28. The van der Waals surface area contributed by atoms with Gasteiger partial charge in [0.25, 0.3) is 0 Å². The molecule has 25 heavy (non-hydrogen) atoms. The molecule has 134 valence electrons. The number of allylic oxidation sites excluding steroid dienone is 3. The van der Waals surface area contributed by atoms with Crippen LogP contribution in [-0.2, 0) is 5.41 Å². The van der Waals surface area contributed by atoms with Crippen LogP contribution < -0.4 is 10.1 Å². The van der Waals surface area contributed by atoms with Gasteiger partial charge in [-0.25, -0.2) is 0 Å². The third-order valence-electron chi connectivity index (χ3n) is 5.97. The molecular weight excluding hydrogens is 310 g/mol. The highest BCUT2D eigenvalue weighted by molar-refractivity contribution is 5.79. The predicted molar refractivity (Wildman–Crippen MR) is 103 cm³/mol. The van der Waals surface area contributed by atoms with Crippen LogP contribution in [0.5, 0.6) is 5.75 Å². The Morgan fingerprint density at radius 3 is 2.92 bits per heavy atom. The van der Waals surface area contributed by atoms with E-state index in [0.717, 1.165) is 55.4 Å². The minimum Gasteiger partial charge on any atom is -0.492 e. The fourth-order valence-electron chi connectivity index (χ4n) is 4.04. The Bertz CT molecular complexity index is 704. The van der Waals surface area contributed by atoms with E-state index in [4.69, 9.17) is 4.74 Å². The van der Waals surface area contributed by atoms with Gasteiger partial charge < -0.3 is 10.1 Å². The van der Waals surface area contributed by atoms with Crippen LogP contribution in [-0.4, -0.2) is 25.5 Å². The third-order valence-corrected chi connectivity index (χ3v) is 5.97. The highest BCUT2D eigenvalue weighted by atomic mass is 16.5. The second-order valence-corrected chi connectivity index (χ2v) is 7.33. The number of nitrogens with one attached hydrogen (secondary N) is 1. The van der Waals surface area contributed by atoms with Gasteiger partial charge in [0.2, 0.25) is 0 Å². The summed E-state index contributed by atoms with van der Waals surface area (Å²) in [6, 6.07) is 4.45. The topological polar surface area (TPSA) is 38.3 Å². The highest BCUT2D eigenvalue weighted by Gasteiger charge is 2.39. The zero-order valence-electron chi connectivity index (χ0n) is 15.6. The van der Waals surface area contributed by atoms with E-state index < -0.39 is 0 Å². The van der Waals surface area contributed by atoms with Crippen molar-refractivity contribution >= 4 is 6.29 Å². The maximum atomic E-state index is 11.2. The second-order valence-electron chi connectivity index (χ2n) is 7.33. The molecule has 1 heterocycles. The van der Waals surface area contributed by atoms with Gasteiger partial charge in [-0.2, -0.15) is 0 Å². The molecule has 2 aliphatic rings. The number of ether oxygens (including phenoxy) is 1. The summed E-state index contributed by atoms with van der Waals surface area (Å²) in [4.78, 5) is 11.2. The van der Waals surface area contributed by atoms with Gasteiger partial charge in [-0.3, -0.25) is 4.79 Å². The van der Waals surface area contributed by atoms with Crippen molar-refractivity contribution in [2.24, 2.45) is 0 Å². The number of aldehydes is 1. The number of carbonyl (C=O) groups excluding carboxylic acids is 1. The van der Waals surface area contributed by atoms with Gasteiger partial charge in [-0.05, 0) is 46.1 Å². The molecule has 1 aromatic carbocycles. The monoisotopic (exact) mass is 339 g/mol. The Morgan fingerprint density at radius 1 is 1.40 bits per heavy atom.